The molecule has 3 aromatic rings. The summed E-state index contributed by atoms with van der Waals surface area (Å²) in [6, 6.07) is 12.2. The lowest BCUT2D eigenvalue weighted by Gasteiger charge is -2.06. The molecule has 0 aliphatic carbocycles. The number of rotatable bonds is 11. The molecule has 0 saturated carbocycles. The van der Waals surface area contributed by atoms with Crippen molar-refractivity contribution in [3.63, 3.8) is 0 Å². The van der Waals surface area contributed by atoms with Gasteiger partial charge in [0.25, 0.3) is 0 Å². The Kier molecular flexibility index (Phi) is 17.6. The summed E-state index contributed by atoms with van der Waals surface area (Å²) in [6.45, 7) is -0.563. The number of benzene rings is 3. The summed E-state index contributed by atoms with van der Waals surface area (Å²) >= 11 is 39.9. The van der Waals surface area contributed by atoms with Crippen molar-refractivity contribution >= 4 is 99.1 Å². The third-order valence-corrected chi connectivity index (χ3v) is 6.34. The summed E-state index contributed by atoms with van der Waals surface area (Å²) < 4.78 is 15.0. The highest BCUT2D eigenvalue weighted by molar-refractivity contribution is 6.43. The summed E-state index contributed by atoms with van der Waals surface area (Å²) in [6.07, 6.45) is 0.541. The molecular formula is C26H21Cl7O9. The van der Waals surface area contributed by atoms with Crippen molar-refractivity contribution < 1.29 is 43.9 Å². The highest BCUT2D eigenvalue weighted by Gasteiger charge is 2.08. The molecule has 3 aromatic carbocycles. The summed E-state index contributed by atoms with van der Waals surface area (Å²) in [5.41, 5.74) is 0. The Morgan fingerprint density at radius 2 is 0.952 bits per heavy atom. The number of hydrogen-bond donors (Lipinski definition) is 3. The smallest absolute Gasteiger partial charge is 0.341 e. The SMILES string of the molecule is O=C(O)CCCOc1ccc(Cl)cc1Cl.O=C(O)COc1cc(Cl)c(Cl)cc1Cl.O=C(O)COc1ccc(Cl)cc1Cl. The van der Waals surface area contributed by atoms with Crippen molar-refractivity contribution in [3.8, 4) is 17.2 Å². The van der Waals surface area contributed by atoms with E-state index < -0.39 is 31.1 Å². The zero-order valence-electron chi connectivity index (χ0n) is 21.1. The van der Waals surface area contributed by atoms with Crippen molar-refractivity contribution in [2.75, 3.05) is 19.8 Å². The quantitative estimate of drug-likeness (QED) is 0.131. The van der Waals surface area contributed by atoms with Gasteiger partial charge in [-0.05, 0) is 48.9 Å². The van der Waals surface area contributed by atoms with E-state index in [1.54, 1.807) is 24.3 Å². The topological polar surface area (TPSA) is 140 Å². The number of carboxylic acid groups (broad SMARTS) is 3. The number of carboxylic acids is 3. The van der Waals surface area contributed by atoms with Gasteiger partial charge < -0.3 is 29.5 Å². The minimum absolute atomic E-state index is 0.0885. The van der Waals surface area contributed by atoms with Gasteiger partial charge in [0.15, 0.2) is 13.2 Å². The lowest BCUT2D eigenvalue weighted by molar-refractivity contribution is -0.140. The second-order valence-electron chi connectivity index (χ2n) is 7.56. The maximum atomic E-state index is 10.2. The van der Waals surface area contributed by atoms with E-state index >= 15 is 0 Å². The van der Waals surface area contributed by atoms with E-state index in [9.17, 15) is 14.4 Å². The van der Waals surface area contributed by atoms with Crippen LogP contribution < -0.4 is 14.2 Å². The van der Waals surface area contributed by atoms with Gasteiger partial charge in [-0.25, -0.2) is 9.59 Å². The first-order valence-corrected chi connectivity index (χ1v) is 13.9. The maximum absolute atomic E-state index is 10.2. The molecule has 0 unspecified atom stereocenters. The van der Waals surface area contributed by atoms with E-state index in [1.807, 2.05) is 0 Å². The fourth-order valence-electron chi connectivity index (χ4n) is 2.48. The van der Waals surface area contributed by atoms with Gasteiger partial charge in [-0.3, -0.25) is 4.79 Å². The van der Waals surface area contributed by atoms with Gasteiger partial charge in [-0.1, -0.05) is 81.2 Å². The van der Waals surface area contributed by atoms with Gasteiger partial charge in [-0.15, -0.1) is 0 Å². The minimum Gasteiger partial charge on any atom is -0.492 e. The van der Waals surface area contributed by atoms with Crippen molar-refractivity contribution in [1.82, 2.24) is 0 Å². The van der Waals surface area contributed by atoms with Crippen molar-refractivity contribution in [2.45, 2.75) is 12.8 Å². The van der Waals surface area contributed by atoms with Crippen LogP contribution in [0, 0.1) is 0 Å². The molecule has 0 aromatic heterocycles. The normalized spacial score (nSPS) is 9.88. The molecule has 16 heteroatoms. The van der Waals surface area contributed by atoms with Crippen LogP contribution in [-0.4, -0.2) is 53.0 Å². The molecule has 9 nitrogen and oxygen atoms in total. The van der Waals surface area contributed by atoms with Crippen LogP contribution in [0.1, 0.15) is 12.8 Å². The predicted molar refractivity (Wildman–Crippen MR) is 163 cm³/mol. The van der Waals surface area contributed by atoms with Crippen LogP contribution in [0.15, 0.2) is 48.5 Å². The molecule has 0 bridgehead atoms. The average molecular weight is 726 g/mol. The van der Waals surface area contributed by atoms with Crippen LogP contribution in [0.3, 0.4) is 0 Å². The molecule has 0 saturated heterocycles. The van der Waals surface area contributed by atoms with E-state index in [4.69, 9.17) is 111 Å². The Morgan fingerprint density at radius 3 is 1.40 bits per heavy atom. The van der Waals surface area contributed by atoms with Crippen LogP contribution in [0.4, 0.5) is 0 Å². The Bertz CT molecular complexity index is 1370. The highest BCUT2D eigenvalue weighted by atomic mass is 35.5. The third-order valence-electron chi connectivity index (χ3n) is 4.26. The molecule has 0 heterocycles. The van der Waals surface area contributed by atoms with Crippen LogP contribution in [0.5, 0.6) is 17.2 Å². The molecule has 3 rings (SSSR count). The van der Waals surface area contributed by atoms with Gasteiger partial charge in [0.05, 0.1) is 31.7 Å². The molecule has 0 atom stereocenters. The standard InChI is InChI=1S/C10H10Cl2O3.C8H5Cl3O3.C8H6Cl2O3/c11-7-3-4-9(8(12)6-7)15-5-1-2-10(13)14;9-4-1-6(11)7(2-5(4)10)14-3-8(12)13;9-5-1-2-7(6(10)3-5)13-4-8(11)12/h3-4,6H,1-2,5H2,(H,13,14);1-2H,3H2,(H,12,13);1-3H,4H2,(H,11,12). The van der Waals surface area contributed by atoms with Gasteiger partial charge in [0, 0.05) is 22.5 Å². The van der Waals surface area contributed by atoms with Crippen molar-refractivity contribution in [1.29, 1.82) is 0 Å². The van der Waals surface area contributed by atoms with Crippen molar-refractivity contribution in [3.05, 3.63) is 83.7 Å². The van der Waals surface area contributed by atoms with Crippen molar-refractivity contribution in [2.24, 2.45) is 0 Å². The lowest BCUT2D eigenvalue weighted by Crippen LogP contribution is -2.09. The molecule has 42 heavy (non-hydrogen) atoms. The van der Waals surface area contributed by atoms with E-state index in [2.05, 4.69) is 0 Å². The molecule has 0 radical (unpaired) electrons. The van der Waals surface area contributed by atoms with Crippen LogP contribution >= 0.6 is 81.2 Å². The minimum atomic E-state index is -1.09. The Labute approximate surface area is 275 Å². The van der Waals surface area contributed by atoms with E-state index in [-0.39, 0.29) is 22.2 Å². The van der Waals surface area contributed by atoms with E-state index in [0.717, 1.165) is 0 Å². The predicted octanol–water partition coefficient (Wildman–Crippen LogP) is 8.80. The zero-order chi connectivity index (χ0) is 31.8. The Hall–Kier alpha value is -2.50. The van der Waals surface area contributed by atoms with Gasteiger partial charge in [-0.2, -0.15) is 0 Å². The summed E-state index contributed by atoms with van der Waals surface area (Å²) in [5.74, 6) is -1.94. The van der Waals surface area contributed by atoms with Gasteiger partial charge in [0.2, 0.25) is 0 Å². The largest absolute Gasteiger partial charge is 0.492 e. The Balaban J connectivity index is 0.000000316. The summed E-state index contributed by atoms with van der Waals surface area (Å²) in [5, 5.41) is 27.6. The fraction of sp³-hybridized carbons (Fsp3) is 0.192. The number of ether oxygens (including phenoxy) is 3. The van der Waals surface area contributed by atoms with Gasteiger partial charge in [0.1, 0.15) is 17.2 Å². The number of aliphatic carboxylic acids is 3. The third kappa shape index (κ3) is 15.7. The molecule has 228 valence electrons. The van der Waals surface area contributed by atoms with Crippen LogP contribution in [0.25, 0.3) is 0 Å². The monoisotopic (exact) mass is 722 g/mol. The first-order chi connectivity index (χ1) is 19.7. The first kappa shape index (κ1) is 37.5. The summed E-state index contributed by atoms with van der Waals surface area (Å²) in [7, 11) is 0. The van der Waals surface area contributed by atoms with E-state index in [0.29, 0.717) is 49.6 Å². The number of hydrogen-bond acceptors (Lipinski definition) is 6. The number of carbonyl (C=O) groups is 3. The van der Waals surface area contributed by atoms with E-state index in [1.165, 1.54) is 24.3 Å². The number of halogens is 7. The zero-order valence-corrected chi connectivity index (χ0v) is 26.4. The van der Waals surface area contributed by atoms with Crippen LogP contribution in [-0.2, 0) is 14.4 Å². The molecule has 0 spiro atoms. The highest BCUT2D eigenvalue weighted by Crippen LogP contribution is 2.34. The second-order valence-corrected chi connectivity index (χ2v) is 10.5. The molecule has 0 fully saturated rings. The lowest BCUT2D eigenvalue weighted by atomic mass is 10.3. The first-order valence-electron chi connectivity index (χ1n) is 11.3. The molecule has 3 N–H and O–H groups in total. The fourth-order valence-corrected chi connectivity index (χ4v) is 4.00. The molecule has 0 aliphatic rings. The second kappa shape index (κ2) is 19.6. The average Bonchev–Trinajstić information content (AvgIpc) is 2.89. The van der Waals surface area contributed by atoms with Crippen LogP contribution in [0.2, 0.25) is 35.2 Å². The maximum Gasteiger partial charge on any atom is 0.341 e. The Morgan fingerprint density at radius 1 is 0.524 bits per heavy atom. The molecule has 0 amide bonds. The summed E-state index contributed by atoms with van der Waals surface area (Å²) in [4.78, 5) is 30.6. The molecular weight excluding hydrogens is 704 g/mol. The molecule has 0 aliphatic heterocycles. The van der Waals surface area contributed by atoms with Gasteiger partial charge >= 0.3 is 17.9 Å².